The third-order valence-corrected chi connectivity index (χ3v) is 4.74. The first kappa shape index (κ1) is 16.0. The fourth-order valence-electron chi connectivity index (χ4n) is 1.64. The maximum absolute atomic E-state index is 12.4. The SMILES string of the molecule is CCOP(=O)(OCC)C(N)Cc1ccc(O)c(O)c1. The molecule has 4 N–H and O–H groups in total. The Hall–Kier alpha value is -1.07. The van der Waals surface area contributed by atoms with Gasteiger partial charge in [-0.2, -0.15) is 0 Å². The first-order chi connectivity index (χ1) is 8.92. The number of phenolic OH excluding ortho intramolecular Hbond substituents is 2. The molecule has 7 heteroatoms. The predicted octanol–water partition coefficient (Wildman–Crippen LogP) is 2.19. The molecule has 0 spiro atoms. The number of phenols is 2. The quantitative estimate of drug-likeness (QED) is 0.525. The molecule has 0 aliphatic carbocycles. The van der Waals surface area contributed by atoms with E-state index in [-0.39, 0.29) is 31.1 Å². The average Bonchev–Trinajstić information content (AvgIpc) is 2.34. The summed E-state index contributed by atoms with van der Waals surface area (Å²) in [5, 5.41) is 18.6. The Balaban J connectivity index is 2.83. The van der Waals surface area contributed by atoms with Crippen molar-refractivity contribution >= 4 is 7.60 Å². The molecule has 19 heavy (non-hydrogen) atoms. The molecule has 0 heterocycles. The van der Waals surface area contributed by atoms with Gasteiger partial charge in [-0.05, 0) is 38.0 Å². The molecule has 1 atom stereocenters. The van der Waals surface area contributed by atoms with Crippen molar-refractivity contribution in [2.45, 2.75) is 26.1 Å². The predicted molar refractivity (Wildman–Crippen MR) is 72.3 cm³/mol. The summed E-state index contributed by atoms with van der Waals surface area (Å²) in [6.45, 7) is 3.91. The van der Waals surface area contributed by atoms with Crippen molar-refractivity contribution in [3.63, 3.8) is 0 Å². The molecule has 1 rings (SSSR count). The molecule has 0 aliphatic rings. The highest BCUT2D eigenvalue weighted by Crippen LogP contribution is 2.51. The van der Waals surface area contributed by atoms with Gasteiger partial charge in [0.1, 0.15) is 5.78 Å². The molecule has 0 bridgehead atoms. The summed E-state index contributed by atoms with van der Waals surface area (Å²) in [5.74, 6) is -1.28. The van der Waals surface area contributed by atoms with E-state index >= 15 is 0 Å². The fraction of sp³-hybridized carbons (Fsp3) is 0.500. The van der Waals surface area contributed by atoms with E-state index in [9.17, 15) is 14.8 Å². The lowest BCUT2D eigenvalue weighted by molar-refractivity contribution is 0.212. The van der Waals surface area contributed by atoms with Crippen LogP contribution >= 0.6 is 7.60 Å². The van der Waals surface area contributed by atoms with Gasteiger partial charge in [-0.3, -0.25) is 4.57 Å². The van der Waals surface area contributed by atoms with Gasteiger partial charge in [0, 0.05) is 0 Å². The minimum absolute atomic E-state index is 0.213. The van der Waals surface area contributed by atoms with E-state index in [1.54, 1.807) is 19.9 Å². The molecule has 1 unspecified atom stereocenters. The molecule has 0 fully saturated rings. The Bertz CT molecular complexity index is 455. The zero-order valence-corrected chi connectivity index (χ0v) is 12.0. The van der Waals surface area contributed by atoms with Gasteiger partial charge in [0.15, 0.2) is 11.5 Å². The molecule has 0 radical (unpaired) electrons. The van der Waals surface area contributed by atoms with E-state index in [4.69, 9.17) is 14.8 Å². The van der Waals surface area contributed by atoms with Crippen LogP contribution in [0.4, 0.5) is 0 Å². The van der Waals surface area contributed by atoms with Crippen LogP contribution in [0.15, 0.2) is 18.2 Å². The van der Waals surface area contributed by atoms with Crippen molar-refractivity contribution < 1.29 is 23.8 Å². The number of rotatable bonds is 7. The number of benzene rings is 1. The third kappa shape index (κ3) is 4.21. The molecule has 108 valence electrons. The van der Waals surface area contributed by atoms with Crippen LogP contribution in [0.25, 0.3) is 0 Å². The summed E-state index contributed by atoms with van der Waals surface area (Å²) >= 11 is 0. The van der Waals surface area contributed by atoms with Crippen LogP contribution < -0.4 is 5.73 Å². The first-order valence-corrected chi connectivity index (χ1v) is 7.69. The lowest BCUT2D eigenvalue weighted by Gasteiger charge is -2.23. The standard InChI is InChI=1S/C12H20NO5P/c1-3-17-19(16,18-4-2)12(13)8-9-5-6-10(14)11(15)7-9/h5-7,12,14-15H,3-4,8,13H2,1-2H3. The van der Waals surface area contributed by atoms with E-state index in [2.05, 4.69) is 0 Å². The Kier molecular flexibility index (Phi) is 5.82. The lowest BCUT2D eigenvalue weighted by Crippen LogP contribution is -2.25. The minimum atomic E-state index is -3.37. The lowest BCUT2D eigenvalue weighted by atomic mass is 10.1. The maximum atomic E-state index is 12.4. The van der Waals surface area contributed by atoms with Gasteiger partial charge in [-0.15, -0.1) is 0 Å². The summed E-state index contributed by atoms with van der Waals surface area (Å²) in [4.78, 5) is 0. The highest BCUT2D eigenvalue weighted by molar-refractivity contribution is 7.54. The van der Waals surface area contributed by atoms with Gasteiger partial charge in [0.2, 0.25) is 0 Å². The zero-order valence-electron chi connectivity index (χ0n) is 11.1. The van der Waals surface area contributed by atoms with Crippen LogP contribution in [0.3, 0.4) is 0 Å². The van der Waals surface area contributed by atoms with Crippen LogP contribution in [0.2, 0.25) is 0 Å². The number of aromatic hydroxyl groups is 2. The summed E-state index contributed by atoms with van der Waals surface area (Å²) in [6.07, 6.45) is 0.213. The topological polar surface area (TPSA) is 102 Å². The molecule has 0 saturated heterocycles. The Morgan fingerprint density at radius 1 is 1.21 bits per heavy atom. The molecule has 6 nitrogen and oxygen atoms in total. The molecule has 1 aromatic carbocycles. The van der Waals surface area contributed by atoms with E-state index in [1.165, 1.54) is 12.1 Å². The second-order valence-corrected chi connectivity index (χ2v) is 6.23. The van der Waals surface area contributed by atoms with Crippen LogP contribution in [0.1, 0.15) is 19.4 Å². The molecule has 1 aromatic rings. The number of hydrogen-bond donors (Lipinski definition) is 3. The zero-order chi connectivity index (χ0) is 14.5. The van der Waals surface area contributed by atoms with Crippen LogP contribution in [-0.2, 0) is 20.0 Å². The van der Waals surface area contributed by atoms with Gasteiger partial charge in [0.05, 0.1) is 13.2 Å². The van der Waals surface area contributed by atoms with E-state index < -0.39 is 13.4 Å². The highest BCUT2D eigenvalue weighted by Gasteiger charge is 2.32. The normalized spacial score (nSPS) is 13.4. The monoisotopic (exact) mass is 289 g/mol. The largest absolute Gasteiger partial charge is 0.504 e. The minimum Gasteiger partial charge on any atom is -0.504 e. The summed E-state index contributed by atoms with van der Waals surface area (Å²) in [5.41, 5.74) is 6.53. The molecule has 0 amide bonds. The Labute approximate surface area is 112 Å². The second kappa shape index (κ2) is 6.91. The molecule has 0 aliphatic heterocycles. The van der Waals surface area contributed by atoms with E-state index in [1.807, 2.05) is 0 Å². The Morgan fingerprint density at radius 2 is 1.79 bits per heavy atom. The van der Waals surface area contributed by atoms with Gasteiger partial charge in [-0.25, -0.2) is 0 Å². The van der Waals surface area contributed by atoms with Crippen molar-refractivity contribution in [1.29, 1.82) is 0 Å². The average molecular weight is 289 g/mol. The maximum Gasteiger partial charge on any atom is 0.347 e. The van der Waals surface area contributed by atoms with E-state index in [0.717, 1.165) is 0 Å². The Morgan fingerprint density at radius 3 is 2.26 bits per heavy atom. The molecule has 0 saturated carbocycles. The first-order valence-electron chi connectivity index (χ1n) is 6.08. The summed E-state index contributed by atoms with van der Waals surface area (Å²) in [7, 11) is -3.37. The van der Waals surface area contributed by atoms with Crippen LogP contribution in [0, 0.1) is 0 Å². The van der Waals surface area contributed by atoms with Gasteiger partial charge in [-0.1, -0.05) is 6.07 Å². The summed E-state index contributed by atoms with van der Waals surface area (Å²) in [6, 6.07) is 4.32. The molecular weight excluding hydrogens is 269 g/mol. The van der Waals surface area contributed by atoms with Gasteiger partial charge >= 0.3 is 7.60 Å². The smallest absolute Gasteiger partial charge is 0.347 e. The van der Waals surface area contributed by atoms with Crippen molar-refractivity contribution in [1.82, 2.24) is 0 Å². The van der Waals surface area contributed by atoms with Gasteiger partial charge in [0.25, 0.3) is 0 Å². The van der Waals surface area contributed by atoms with Gasteiger partial charge < -0.3 is 25.0 Å². The fourth-order valence-corrected chi connectivity index (χ4v) is 3.25. The third-order valence-electron chi connectivity index (χ3n) is 2.51. The van der Waals surface area contributed by atoms with Crippen molar-refractivity contribution in [2.75, 3.05) is 13.2 Å². The van der Waals surface area contributed by atoms with Crippen molar-refractivity contribution in [2.24, 2.45) is 5.73 Å². The van der Waals surface area contributed by atoms with E-state index in [0.29, 0.717) is 5.56 Å². The van der Waals surface area contributed by atoms with Crippen LogP contribution in [0.5, 0.6) is 11.5 Å². The van der Waals surface area contributed by atoms with Crippen LogP contribution in [-0.4, -0.2) is 29.2 Å². The number of nitrogens with two attached hydrogens (primary N) is 1. The second-order valence-electron chi connectivity index (χ2n) is 3.97. The highest BCUT2D eigenvalue weighted by atomic mass is 31.2. The molecule has 0 aromatic heterocycles. The van der Waals surface area contributed by atoms with Crippen molar-refractivity contribution in [3.05, 3.63) is 23.8 Å². The number of hydrogen-bond acceptors (Lipinski definition) is 6. The molecular formula is C12H20NO5P. The summed E-state index contributed by atoms with van der Waals surface area (Å²) < 4.78 is 22.7. The van der Waals surface area contributed by atoms with Crippen molar-refractivity contribution in [3.8, 4) is 11.5 Å².